The van der Waals surface area contributed by atoms with Gasteiger partial charge in [-0.25, -0.2) is 0 Å². The Bertz CT molecular complexity index is 356. The monoisotopic (exact) mass is 206 g/mol. The Hall–Kier alpha value is -1.31. The Balaban J connectivity index is 2.87. The van der Waals surface area contributed by atoms with Gasteiger partial charge in [-0.1, -0.05) is 19.1 Å². The van der Waals surface area contributed by atoms with Crippen molar-refractivity contribution < 1.29 is 9.53 Å². The molecule has 0 spiro atoms. The van der Waals surface area contributed by atoms with E-state index in [9.17, 15) is 4.79 Å². The summed E-state index contributed by atoms with van der Waals surface area (Å²) in [6, 6.07) is 6.08. The van der Waals surface area contributed by atoms with E-state index in [-0.39, 0.29) is 11.7 Å². The molecule has 0 bridgehead atoms. The highest BCUT2D eigenvalue weighted by Crippen LogP contribution is 2.25. The lowest BCUT2D eigenvalue weighted by Crippen LogP contribution is -2.01. The molecule has 0 saturated heterocycles. The topological polar surface area (TPSA) is 26.3 Å². The molecule has 0 heterocycles. The molecule has 0 aliphatic heterocycles. The standard InChI is InChI=1S/C13H18O2/c1-9(7-11(3)14)12-5-6-13(15-4)10(2)8-12/h5-6,8-9H,7H2,1-4H3. The molecule has 0 fully saturated rings. The summed E-state index contributed by atoms with van der Waals surface area (Å²) >= 11 is 0. The number of aryl methyl sites for hydroxylation is 1. The van der Waals surface area contributed by atoms with Gasteiger partial charge >= 0.3 is 0 Å². The van der Waals surface area contributed by atoms with Crippen LogP contribution < -0.4 is 4.74 Å². The number of benzene rings is 1. The van der Waals surface area contributed by atoms with E-state index in [2.05, 4.69) is 13.0 Å². The van der Waals surface area contributed by atoms with Crippen LogP contribution >= 0.6 is 0 Å². The molecule has 0 aliphatic rings. The molecule has 0 aliphatic carbocycles. The number of carbonyl (C=O) groups excluding carboxylic acids is 1. The molecule has 0 aromatic heterocycles. The van der Waals surface area contributed by atoms with E-state index >= 15 is 0 Å². The maximum atomic E-state index is 11.0. The van der Waals surface area contributed by atoms with Gasteiger partial charge in [0.2, 0.25) is 0 Å². The van der Waals surface area contributed by atoms with Crippen molar-refractivity contribution in [2.24, 2.45) is 0 Å². The first-order chi connectivity index (χ1) is 7.04. The van der Waals surface area contributed by atoms with Gasteiger partial charge in [-0.05, 0) is 37.0 Å². The van der Waals surface area contributed by atoms with Gasteiger partial charge in [0.05, 0.1) is 7.11 Å². The zero-order chi connectivity index (χ0) is 11.4. The van der Waals surface area contributed by atoms with E-state index in [1.807, 2.05) is 19.1 Å². The van der Waals surface area contributed by atoms with Crippen molar-refractivity contribution >= 4 is 5.78 Å². The van der Waals surface area contributed by atoms with E-state index < -0.39 is 0 Å². The molecule has 15 heavy (non-hydrogen) atoms. The Morgan fingerprint density at radius 2 is 2.13 bits per heavy atom. The van der Waals surface area contributed by atoms with Crippen LogP contribution in [0.1, 0.15) is 37.3 Å². The van der Waals surface area contributed by atoms with Crippen molar-refractivity contribution in [1.82, 2.24) is 0 Å². The van der Waals surface area contributed by atoms with Crippen molar-refractivity contribution in [2.75, 3.05) is 7.11 Å². The quantitative estimate of drug-likeness (QED) is 0.756. The minimum absolute atomic E-state index is 0.232. The van der Waals surface area contributed by atoms with Crippen LogP contribution in [0.25, 0.3) is 0 Å². The van der Waals surface area contributed by atoms with Crippen LogP contribution in [0.5, 0.6) is 5.75 Å². The first-order valence-electron chi connectivity index (χ1n) is 5.18. The van der Waals surface area contributed by atoms with Crippen LogP contribution in [0.3, 0.4) is 0 Å². The zero-order valence-electron chi connectivity index (χ0n) is 9.83. The van der Waals surface area contributed by atoms with Crippen LogP contribution in [0.15, 0.2) is 18.2 Å². The minimum Gasteiger partial charge on any atom is -0.496 e. The lowest BCUT2D eigenvalue weighted by molar-refractivity contribution is -0.117. The summed E-state index contributed by atoms with van der Waals surface area (Å²) in [4.78, 5) is 11.0. The van der Waals surface area contributed by atoms with Gasteiger partial charge in [-0.2, -0.15) is 0 Å². The number of rotatable bonds is 4. The van der Waals surface area contributed by atoms with Crippen molar-refractivity contribution in [1.29, 1.82) is 0 Å². The van der Waals surface area contributed by atoms with Crippen LogP contribution in [0.2, 0.25) is 0 Å². The SMILES string of the molecule is COc1ccc(C(C)CC(C)=O)cc1C. The molecule has 0 N–H and O–H groups in total. The summed E-state index contributed by atoms with van der Waals surface area (Å²) in [6.07, 6.45) is 0.603. The van der Waals surface area contributed by atoms with E-state index in [1.54, 1.807) is 14.0 Å². The Morgan fingerprint density at radius 3 is 2.60 bits per heavy atom. The first kappa shape index (κ1) is 11.8. The smallest absolute Gasteiger partial charge is 0.130 e. The molecule has 1 atom stereocenters. The van der Waals surface area contributed by atoms with Gasteiger partial charge in [-0.15, -0.1) is 0 Å². The summed E-state index contributed by atoms with van der Waals surface area (Å²) in [5.41, 5.74) is 2.31. The number of carbonyl (C=O) groups is 1. The van der Waals surface area contributed by atoms with E-state index in [0.717, 1.165) is 11.3 Å². The third-order valence-corrected chi connectivity index (χ3v) is 2.58. The highest BCUT2D eigenvalue weighted by Gasteiger charge is 2.09. The maximum absolute atomic E-state index is 11.0. The fraction of sp³-hybridized carbons (Fsp3) is 0.462. The largest absolute Gasteiger partial charge is 0.496 e. The van der Waals surface area contributed by atoms with Gasteiger partial charge in [-0.3, -0.25) is 0 Å². The lowest BCUT2D eigenvalue weighted by atomic mass is 9.94. The number of ether oxygens (including phenoxy) is 1. The van der Waals surface area contributed by atoms with Gasteiger partial charge in [0.1, 0.15) is 11.5 Å². The van der Waals surface area contributed by atoms with E-state index in [4.69, 9.17) is 4.74 Å². The van der Waals surface area contributed by atoms with Crippen molar-refractivity contribution in [3.05, 3.63) is 29.3 Å². The van der Waals surface area contributed by atoms with Crippen LogP contribution in [0, 0.1) is 6.92 Å². The van der Waals surface area contributed by atoms with E-state index in [0.29, 0.717) is 6.42 Å². The van der Waals surface area contributed by atoms with Gasteiger partial charge < -0.3 is 9.53 Å². The molecule has 2 nitrogen and oxygen atoms in total. The second-order valence-corrected chi connectivity index (χ2v) is 4.04. The fourth-order valence-electron chi connectivity index (χ4n) is 1.76. The second-order valence-electron chi connectivity index (χ2n) is 4.04. The van der Waals surface area contributed by atoms with E-state index in [1.165, 1.54) is 5.56 Å². The molecule has 1 rings (SSSR count). The normalized spacial score (nSPS) is 12.3. The third-order valence-electron chi connectivity index (χ3n) is 2.58. The highest BCUT2D eigenvalue weighted by atomic mass is 16.5. The average molecular weight is 206 g/mol. The minimum atomic E-state index is 0.232. The number of ketones is 1. The fourth-order valence-corrected chi connectivity index (χ4v) is 1.76. The Kier molecular flexibility index (Phi) is 3.89. The summed E-state index contributed by atoms with van der Waals surface area (Å²) in [6.45, 7) is 5.72. The van der Waals surface area contributed by atoms with Crippen molar-refractivity contribution in [2.45, 2.75) is 33.1 Å². The highest BCUT2D eigenvalue weighted by molar-refractivity contribution is 5.76. The average Bonchev–Trinajstić information content (AvgIpc) is 2.16. The molecule has 1 aromatic rings. The molecule has 2 heteroatoms. The maximum Gasteiger partial charge on any atom is 0.130 e. The number of Topliss-reactive ketones (excluding diaryl/α,β-unsaturated/α-hetero) is 1. The Labute approximate surface area is 91.3 Å². The second kappa shape index (κ2) is 4.96. The summed E-state index contributed by atoms with van der Waals surface area (Å²) in [7, 11) is 1.67. The molecule has 0 radical (unpaired) electrons. The molecular formula is C13H18O2. The van der Waals surface area contributed by atoms with Crippen LogP contribution in [0.4, 0.5) is 0 Å². The molecule has 1 aromatic carbocycles. The summed E-state index contributed by atoms with van der Waals surface area (Å²) < 4.78 is 5.19. The third kappa shape index (κ3) is 3.08. The summed E-state index contributed by atoms with van der Waals surface area (Å²) in [5.74, 6) is 1.41. The predicted molar refractivity (Wildman–Crippen MR) is 61.4 cm³/mol. The molecule has 1 unspecified atom stereocenters. The van der Waals surface area contributed by atoms with Crippen molar-refractivity contribution in [3.63, 3.8) is 0 Å². The van der Waals surface area contributed by atoms with Gasteiger partial charge in [0.25, 0.3) is 0 Å². The van der Waals surface area contributed by atoms with Gasteiger partial charge in [0.15, 0.2) is 0 Å². The number of hydrogen-bond acceptors (Lipinski definition) is 2. The summed E-state index contributed by atoms with van der Waals surface area (Å²) in [5, 5.41) is 0. The lowest BCUT2D eigenvalue weighted by Gasteiger charge is -2.12. The molecular weight excluding hydrogens is 188 g/mol. The number of hydrogen-bond donors (Lipinski definition) is 0. The molecule has 0 saturated carbocycles. The Morgan fingerprint density at radius 1 is 1.47 bits per heavy atom. The number of methoxy groups -OCH3 is 1. The zero-order valence-corrected chi connectivity index (χ0v) is 9.83. The van der Waals surface area contributed by atoms with Crippen LogP contribution in [-0.2, 0) is 4.79 Å². The van der Waals surface area contributed by atoms with Gasteiger partial charge in [0, 0.05) is 6.42 Å². The first-order valence-corrected chi connectivity index (χ1v) is 5.18. The van der Waals surface area contributed by atoms with Crippen LogP contribution in [-0.4, -0.2) is 12.9 Å². The van der Waals surface area contributed by atoms with Crippen molar-refractivity contribution in [3.8, 4) is 5.75 Å². The predicted octanol–water partition coefficient (Wildman–Crippen LogP) is 3.09. The molecule has 0 amide bonds. The molecule has 82 valence electrons.